The molecular weight excluding hydrogens is 270 g/mol. The minimum absolute atomic E-state index is 0.631. The van der Waals surface area contributed by atoms with Gasteiger partial charge in [-0.2, -0.15) is 5.26 Å². The van der Waals surface area contributed by atoms with Gasteiger partial charge in [0.15, 0.2) is 0 Å². The Balaban J connectivity index is 2.02. The van der Waals surface area contributed by atoms with E-state index in [0.717, 1.165) is 22.3 Å². The number of anilines is 2. The molecule has 0 bridgehead atoms. The third kappa shape index (κ3) is 2.29. The van der Waals surface area contributed by atoms with Gasteiger partial charge in [0.2, 0.25) is 0 Å². The molecule has 1 aromatic heterocycles. The molecule has 0 fully saturated rings. The molecule has 3 nitrogen and oxygen atoms in total. The summed E-state index contributed by atoms with van der Waals surface area (Å²) >= 11 is 6.15. The number of benzene rings is 2. The predicted octanol–water partition coefficient (Wildman–Crippen LogP) is 4.50. The zero-order valence-corrected chi connectivity index (χ0v) is 11.2. The van der Waals surface area contributed by atoms with Gasteiger partial charge in [0.05, 0.1) is 22.2 Å². The van der Waals surface area contributed by atoms with Crippen LogP contribution < -0.4 is 5.32 Å². The molecular formula is C16H10ClN3. The van der Waals surface area contributed by atoms with Gasteiger partial charge in [-0.1, -0.05) is 23.7 Å². The number of nitrogens with zero attached hydrogens (tertiary/aromatic N) is 2. The van der Waals surface area contributed by atoms with Gasteiger partial charge in [-0.3, -0.25) is 4.98 Å². The van der Waals surface area contributed by atoms with E-state index in [-0.39, 0.29) is 0 Å². The number of para-hydroxylation sites is 1. The van der Waals surface area contributed by atoms with E-state index in [4.69, 9.17) is 16.9 Å². The third-order valence-electron chi connectivity index (χ3n) is 3.01. The van der Waals surface area contributed by atoms with Gasteiger partial charge in [0.25, 0.3) is 0 Å². The Hall–Kier alpha value is -2.57. The summed E-state index contributed by atoms with van der Waals surface area (Å²) < 4.78 is 0. The summed E-state index contributed by atoms with van der Waals surface area (Å²) in [6.07, 6.45) is 1.72. The van der Waals surface area contributed by atoms with E-state index in [1.165, 1.54) is 0 Å². The van der Waals surface area contributed by atoms with Crippen LogP contribution >= 0.6 is 11.6 Å². The molecule has 0 amide bonds. The Morgan fingerprint density at radius 2 is 1.85 bits per heavy atom. The van der Waals surface area contributed by atoms with Crippen LogP contribution in [0, 0.1) is 11.3 Å². The van der Waals surface area contributed by atoms with E-state index in [0.29, 0.717) is 10.6 Å². The van der Waals surface area contributed by atoms with E-state index in [1.54, 1.807) is 18.3 Å². The SMILES string of the molecule is N#Cc1ccc(Nc2ccnc3c(Cl)cccc23)cc1. The van der Waals surface area contributed by atoms with E-state index < -0.39 is 0 Å². The van der Waals surface area contributed by atoms with E-state index in [2.05, 4.69) is 16.4 Å². The number of hydrogen-bond acceptors (Lipinski definition) is 3. The quantitative estimate of drug-likeness (QED) is 0.751. The second-order valence-electron chi connectivity index (χ2n) is 4.31. The molecule has 3 rings (SSSR count). The number of rotatable bonds is 2. The van der Waals surface area contributed by atoms with Gasteiger partial charge in [0.1, 0.15) is 0 Å². The fourth-order valence-electron chi connectivity index (χ4n) is 2.03. The van der Waals surface area contributed by atoms with Crippen LogP contribution in [-0.4, -0.2) is 4.98 Å². The number of aromatic nitrogens is 1. The highest BCUT2D eigenvalue weighted by atomic mass is 35.5. The van der Waals surface area contributed by atoms with Crippen LogP contribution in [-0.2, 0) is 0 Å². The highest BCUT2D eigenvalue weighted by Gasteiger charge is 2.05. The van der Waals surface area contributed by atoms with Crippen molar-refractivity contribution in [2.45, 2.75) is 0 Å². The molecule has 0 saturated carbocycles. The van der Waals surface area contributed by atoms with Crippen molar-refractivity contribution in [3.05, 3.63) is 65.3 Å². The first-order valence-electron chi connectivity index (χ1n) is 6.08. The van der Waals surface area contributed by atoms with E-state index in [9.17, 15) is 0 Å². The lowest BCUT2D eigenvalue weighted by Crippen LogP contribution is -1.93. The second-order valence-corrected chi connectivity index (χ2v) is 4.72. The zero-order chi connectivity index (χ0) is 13.9. The largest absolute Gasteiger partial charge is 0.355 e. The van der Waals surface area contributed by atoms with Crippen molar-refractivity contribution in [1.29, 1.82) is 5.26 Å². The number of halogens is 1. The first-order chi connectivity index (χ1) is 9.78. The number of hydrogen-bond donors (Lipinski definition) is 1. The smallest absolute Gasteiger partial charge is 0.0991 e. The minimum atomic E-state index is 0.631. The lowest BCUT2D eigenvalue weighted by Gasteiger charge is -2.10. The van der Waals surface area contributed by atoms with Crippen molar-refractivity contribution in [2.75, 3.05) is 5.32 Å². The van der Waals surface area contributed by atoms with Crippen molar-refractivity contribution >= 4 is 33.9 Å². The van der Waals surface area contributed by atoms with Crippen LogP contribution in [0.1, 0.15) is 5.56 Å². The lowest BCUT2D eigenvalue weighted by atomic mass is 10.1. The summed E-state index contributed by atoms with van der Waals surface area (Å²) in [5.41, 5.74) is 3.25. The minimum Gasteiger partial charge on any atom is -0.355 e. The van der Waals surface area contributed by atoms with Gasteiger partial charge in [-0.05, 0) is 36.4 Å². The first-order valence-corrected chi connectivity index (χ1v) is 6.46. The Bertz CT molecular complexity index is 804. The summed E-state index contributed by atoms with van der Waals surface area (Å²) in [7, 11) is 0. The molecule has 20 heavy (non-hydrogen) atoms. The highest BCUT2D eigenvalue weighted by molar-refractivity contribution is 6.35. The number of pyridine rings is 1. The van der Waals surface area contributed by atoms with Crippen molar-refractivity contribution in [1.82, 2.24) is 4.98 Å². The highest BCUT2D eigenvalue weighted by Crippen LogP contribution is 2.29. The summed E-state index contributed by atoms with van der Waals surface area (Å²) in [5, 5.41) is 13.7. The van der Waals surface area contributed by atoms with Crippen LogP contribution in [0.3, 0.4) is 0 Å². The average molecular weight is 280 g/mol. The van der Waals surface area contributed by atoms with Crippen LogP contribution in [0.5, 0.6) is 0 Å². The molecule has 0 aliphatic heterocycles. The summed E-state index contributed by atoms with van der Waals surface area (Å²) in [6, 6.07) is 17.0. The lowest BCUT2D eigenvalue weighted by molar-refractivity contribution is 1.40. The molecule has 0 spiro atoms. The van der Waals surface area contributed by atoms with Crippen molar-refractivity contribution in [3.8, 4) is 6.07 Å². The fourth-order valence-corrected chi connectivity index (χ4v) is 2.26. The molecule has 1 N–H and O–H groups in total. The van der Waals surface area contributed by atoms with Crippen molar-refractivity contribution < 1.29 is 0 Å². The van der Waals surface area contributed by atoms with E-state index in [1.807, 2.05) is 36.4 Å². The third-order valence-corrected chi connectivity index (χ3v) is 3.32. The normalized spacial score (nSPS) is 10.2. The van der Waals surface area contributed by atoms with Crippen molar-refractivity contribution in [3.63, 3.8) is 0 Å². The Labute approximate surface area is 121 Å². The molecule has 0 aliphatic rings. The Kier molecular flexibility index (Phi) is 3.24. The Morgan fingerprint density at radius 1 is 1.05 bits per heavy atom. The van der Waals surface area contributed by atoms with Gasteiger partial charge in [0, 0.05) is 23.0 Å². The molecule has 0 saturated heterocycles. The van der Waals surface area contributed by atoms with Crippen LogP contribution in [0.15, 0.2) is 54.7 Å². The van der Waals surface area contributed by atoms with Gasteiger partial charge >= 0.3 is 0 Å². The molecule has 3 aromatic rings. The molecule has 2 aromatic carbocycles. The molecule has 0 atom stereocenters. The maximum atomic E-state index is 8.80. The van der Waals surface area contributed by atoms with Gasteiger partial charge < -0.3 is 5.32 Å². The average Bonchev–Trinajstić information content (AvgIpc) is 2.49. The maximum absolute atomic E-state index is 8.80. The Morgan fingerprint density at radius 3 is 2.60 bits per heavy atom. The zero-order valence-electron chi connectivity index (χ0n) is 10.5. The topological polar surface area (TPSA) is 48.7 Å². The molecule has 0 unspecified atom stereocenters. The maximum Gasteiger partial charge on any atom is 0.0991 e. The molecule has 1 heterocycles. The second kappa shape index (κ2) is 5.20. The monoisotopic (exact) mass is 279 g/mol. The predicted molar refractivity (Wildman–Crippen MR) is 81.2 cm³/mol. The van der Waals surface area contributed by atoms with E-state index >= 15 is 0 Å². The standard InChI is InChI=1S/C16H10ClN3/c17-14-3-1-2-13-15(8-9-19-16(13)14)20-12-6-4-11(10-18)5-7-12/h1-9H,(H,19,20). The molecule has 0 radical (unpaired) electrons. The van der Waals surface area contributed by atoms with Crippen LogP contribution in [0.25, 0.3) is 10.9 Å². The summed E-state index contributed by atoms with van der Waals surface area (Å²) in [5.74, 6) is 0. The summed E-state index contributed by atoms with van der Waals surface area (Å²) in [6.45, 7) is 0. The number of fused-ring (bicyclic) bond motifs is 1. The number of nitrogens with one attached hydrogen (secondary N) is 1. The molecule has 96 valence electrons. The van der Waals surface area contributed by atoms with Crippen LogP contribution in [0.4, 0.5) is 11.4 Å². The van der Waals surface area contributed by atoms with Crippen LogP contribution in [0.2, 0.25) is 5.02 Å². The van der Waals surface area contributed by atoms with Crippen molar-refractivity contribution in [2.24, 2.45) is 0 Å². The first kappa shape index (κ1) is 12.5. The number of nitriles is 1. The molecule has 4 heteroatoms. The summed E-state index contributed by atoms with van der Waals surface area (Å²) in [4.78, 5) is 4.30. The van der Waals surface area contributed by atoms with Gasteiger partial charge in [-0.15, -0.1) is 0 Å². The van der Waals surface area contributed by atoms with Gasteiger partial charge in [-0.25, -0.2) is 0 Å². The molecule has 0 aliphatic carbocycles. The fraction of sp³-hybridized carbons (Fsp3) is 0.